The molecule has 2 unspecified atom stereocenters. The van der Waals surface area contributed by atoms with Gasteiger partial charge in [0.15, 0.2) is 0 Å². The molecule has 5 nitrogen and oxygen atoms in total. The number of nitrogens with two attached hydrogens (primary N) is 1. The van der Waals surface area contributed by atoms with Crippen molar-refractivity contribution in [2.24, 2.45) is 5.73 Å². The van der Waals surface area contributed by atoms with E-state index in [0.29, 0.717) is 6.07 Å². The van der Waals surface area contributed by atoms with E-state index in [1.165, 1.54) is 6.92 Å². The molecule has 0 heterocycles. The average Bonchev–Trinajstić information content (AvgIpc) is 2.34. The van der Waals surface area contributed by atoms with E-state index in [2.05, 4.69) is 0 Å². The molecule has 21 heavy (non-hydrogen) atoms. The van der Waals surface area contributed by atoms with Crippen LogP contribution in [0.4, 0.5) is 13.2 Å². The maximum atomic E-state index is 12.9. The Balaban J connectivity index is 3.15. The van der Waals surface area contributed by atoms with E-state index in [1.54, 1.807) is 0 Å². The van der Waals surface area contributed by atoms with Crippen LogP contribution in [0, 0.1) is 0 Å². The number of rotatable bonds is 5. The zero-order valence-electron chi connectivity index (χ0n) is 10.9. The normalized spacial score (nSPS) is 15.8. The van der Waals surface area contributed by atoms with Crippen LogP contribution in [0.5, 0.6) is 0 Å². The molecular weight excluding hydrogens is 333 g/mol. The summed E-state index contributed by atoms with van der Waals surface area (Å²) in [6, 6.07) is 1.40. The summed E-state index contributed by atoms with van der Waals surface area (Å²) in [5, 5.41) is 8.92. The second kappa shape index (κ2) is 6.49. The van der Waals surface area contributed by atoms with Gasteiger partial charge in [0.05, 0.1) is 16.6 Å². The molecule has 0 aliphatic heterocycles. The Bertz CT molecular complexity index is 605. The Morgan fingerprint density at radius 2 is 2.00 bits per heavy atom. The highest BCUT2D eigenvalue weighted by Crippen LogP contribution is 2.35. The summed E-state index contributed by atoms with van der Waals surface area (Å²) in [6.45, 7) is 0.933. The first-order valence-electron chi connectivity index (χ1n) is 5.75. The van der Waals surface area contributed by atoms with Gasteiger partial charge in [-0.2, -0.15) is 13.2 Å². The summed E-state index contributed by atoms with van der Waals surface area (Å²) in [7, 11) is -4.44. The Labute approximate surface area is 125 Å². The third kappa shape index (κ3) is 4.82. The van der Waals surface area contributed by atoms with Crippen LogP contribution in [-0.2, 0) is 16.2 Å². The van der Waals surface area contributed by atoms with Crippen LogP contribution >= 0.6 is 11.6 Å². The largest absolute Gasteiger partial charge is 0.417 e. The van der Waals surface area contributed by atoms with Crippen LogP contribution in [0.25, 0.3) is 0 Å². The minimum atomic E-state index is -4.87. The van der Waals surface area contributed by atoms with Crippen LogP contribution in [0.2, 0.25) is 5.02 Å². The monoisotopic (exact) mass is 346 g/mol. The van der Waals surface area contributed by atoms with Gasteiger partial charge in [0, 0.05) is 17.6 Å². The zero-order chi connectivity index (χ0) is 16.4. The fraction of sp³-hybridized carbons (Fsp3) is 0.455. The summed E-state index contributed by atoms with van der Waals surface area (Å²) in [6.07, 6.45) is -5.89. The van der Waals surface area contributed by atoms with Crippen molar-refractivity contribution in [1.29, 1.82) is 0 Å². The predicted molar refractivity (Wildman–Crippen MR) is 71.3 cm³/mol. The van der Waals surface area contributed by atoms with Crippen molar-refractivity contribution in [3.05, 3.63) is 28.8 Å². The molecule has 2 atom stereocenters. The van der Waals surface area contributed by atoms with Gasteiger partial charge < -0.3 is 10.8 Å². The summed E-state index contributed by atoms with van der Waals surface area (Å²) < 4.78 is 64.4. The molecule has 0 saturated heterocycles. The van der Waals surface area contributed by atoms with Crippen molar-refractivity contribution in [3.63, 3.8) is 0 Å². The van der Waals surface area contributed by atoms with Crippen LogP contribution in [0.1, 0.15) is 12.5 Å². The van der Waals surface area contributed by atoms with Gasteiger partial charge in [-0.05, 0) is 25.1 Å². The lowest BCUT2D eigenvalue weighted by Crippen LogP contribution is -2.43. The molecule has 0 bridgehead atoms. The Morgan fingerprint density at radius 1 is 1.43 bits per heavy atom. The third-order valence-corrected chi connectivity index (χ3v) is 4.38. The number of sulfonamides is 1. The van der Waals surface area contributed by atoms with E-state index in [9.17, 15) is 21.6 Å². The lowest BCUT2D eigenvalue weighted by atomic mass is 10.2. The molecule has 0 fully saturated rings. The molecule has 0 spiro atoms. The quantitative estimate of drug-likeness (QED) is 0.750. The van der Waals surface area contributed by atoms with Gasteiger partial charge in [0.1, 0.15) is 0 Å². The number of aliphatic hydroxyl groups is 1. The second-order valence-corrected chi connectivity index (χ2v) is 6.57. The van der Waals surface area contributed by atoms with Crippen LogP contribution in [0.15, 0.2) is 23.1 Å². The van der Waals surface area contributed by atoms with E-state index < -0.39 is 45.3 Å². The van der Waals surface area contributed by atoms with Gasteiger partial charge in [-0.3, -0.25) is 0 Å². The summed E-state index contributed by atoms with van der Waals surface area (Å²) in [5.41, 5.74) is 4.06. The standard InChI is InChI=1S/C11H14ClF3N2O3S/c1-6(18)9(16)5-17-21(19,20)10-3-2-7(12)4-8(10)11(13,14)15/h2-4,6,9,17-18H,5,16H2,1H3. The number of benzene rings is 1. The second-order valence-electron chi connectivity index (χ2n) is 4.39. The Morgan fingerprint density at radius 3 is 2.48 bits per heavy atom. The fourth-order valence-corrected chi connectivity index (χ4v) is 2.86. The molecule has 4 N–H and O–H groups in total. The molecular formula is C11H14ClF3N2O3S. The number of hydrogen-bond acceptors (Lipinski definition) is 4. The Kier molecular flexibility index (Phi) is 5.62. The van der Waals surface area contributed by atoms with Crippen LogP contribution in [0.3, 0.4) is 0 Å². The van der Waals surface area contributed by atoms with Crippen molar-refractivity contribution < 1.29 is 26.7 Å². The smallest absolute Gasteiger partial charge is 0.392 e. The van der Waals surface area contributed by atoms with Gasteiger partial charge in [0.25, 0.3) is 0 Å². The molecule has 0 radical (unpaired) electrons. The van der Waals surface area contributed by atoms with Gasteiger partial charge in [-0.1, -0.05) is 11.6 Å². The highest BCUT2D eigenvalue weighted by atomic mass is 35.5. The lowest BCUT2D eigenvalue weighted by molar-refractivity contribution is -0.139. The molecule has 1 aromatic rings. The third-order valence-electron chi connectivity index (χ3n) is 2.67. The molecule has 120 valence electrons. The molecule has 10 heteroatoms. The van der Waals surface area contributed by atoms with Gasteiger partial charge in [-0.25, -0.2) is 13.1 Å². The topological polar surface area (TPSA) is 92.4 Å². The summed E-state index contributed by atoms with van der Waals surface area (Å²) in [4.78, 5) is -0.947. The fourth-order valence-electron chi connectivity index (χ4n) is 1.41. The van der Waals surface area contributed by atoms with Crippen molar-refractivity contribution in [1.82, 2.24) is 4.72 Å². The van der Waals surface area contributed by atoms with Gasteiger partial charge in [-0.15, -0.1) is 0 Å². The molecule has 1 aromatic carbocycles. The molecule has 0 saturated carbocycles. The predicted octanol–water partition coefficient (Wildman–Crippen LogP) is 1.35. The molecule has 0 aliphatic rings. The maximum absolute atomic E-state index is 12.9. The minimum absolute atomic E-state index is 0.234. The van der Waals surface area contributed by atoms with Gasteiger partial charge in [0.2, 0.25) is 10.0 Å². The SMILES string of the molecule is CC(O)C(N)CNS(=O)(=O)c1ccc(Cl)cc1C(F)(F)F. The summed E-state index contributed by atoms with van der Waals surface area (Å²) in [5.74, 6) is 0. The van der Waals surface area contributed by atoms with Crippen LogP contribution in [-0.4, -0.2) is 32.2 Å². The first-order valence-corrected chi connectivity index (χ1v) is 7.61. The molecule has 0 aliphatic carbocycles. The number of nitrogens with one attached hydrogen (secondary N) is 1. The van der Waals surface area contributed by atoms with E-state index in [4.69, 9.17) is 22.4 Å². The number of halogens is 4. The molecule has 1 rings (SSSR count). The molecule has 0 aromatic heterocycles. The van der Waals surface area contributed by atoms with Crippen molar-refractivity contribution in [2.75, 3.05) is 6.54 Å². The first kappa shape index (κ1) is 18.2. The highest BCUT2D eigenvalue weighted by Gasteiger charge is 2.37. The average molecular weight is 347 g/mol. The van der Waals surface area contributed by atoms with Gasteiger partial charge >= 0.3 is 6.18 Å². The minimum Gasteiger partial charge on any atom is -0.392 e. The van der Waals surface area contributed by atoms with Crippen LogP contribution < -0.4 is 10.5 Å². The zero-order valence-corrected chi connectivity index (χ0v) is 12.4. The van der Waals surface area contributed by atoms with E-state index >= 15 is 0 Å². The number of hydrogen-bond donors (Lipinski definition) is 3. The first-order chi connectivity index (χ1) is 9.45. The van der Waals surface area contributed by atoms with E-state index in [-0.39, 0.29) is 5.02 Å². The lowest BCUT2D eigenvalue weighted by Gasteiger charge is -2.17. The molecule has 0 amide bonds. The highest BCUT2D eigenvalue weighted by molar-refractivity contribution is 7.89. The number of aliphatic hydroxyl groups excluding tert-OH is 1. The Hall–Kier alpha value is -0.870. The maximum Gasteiger partial charge on any atom is 0.417 e. The number of alkyl halides is 3. The van der Waals surface area contributed by atoms with Crippen molar-refractivity contribution in [2.45, 2.75) is 30.1 Å². The summed E-state index contributed by atoms with van der Waals surface area (Å²) >= 11 is 5.47. The van der Waals surface area contributed by atoms with Crippen molar-refractivity contribution in [3.8, 4) is 0 Å². The van der Waals surface area contributed by atoms with Crippen molar-refractivity contribution >= 4 is 21.6 Å². The van der Waals surface area contributed by atoms with E-state index in [0.717, 1.165) is 12.1 Å². The van der Waals surface area contributed by atoms with E-state index in [1.807, 2.05) is 4.72 Å².